The molecule has 0 radical (unpaired) electrons. The molecule has 1 saturated heterocycles. The predicted octanol–water partition coefficient (Wildman–Crippen LogP) is 2.48. The number of nitrogens with zero attached hydrogens (tertiary/aromatic N) is 1. The lowest BCUT2D eigenvalue weighted by molar-refractivity contribution is -0.125. The van der Waals surface area contributed by atoms with E-state index >= 15 is 0 Å². The minimum atomic E-state index is -5.34. The van der Waals surface area contributed by atoms with Gasteiger partial charge in [0.25, 0.3) is 9.84 Å². The van der Waals surface area contributed by atoms with Gasteiger partial charge in [0, 0.05) is 24.8 Å². The molecule has 5 nitrogen and oxygen atoms in total. The highest BCUT2D eigenvalue weighted by atomic mass is 32.2. The van der Waals surface area contributed by atoms with E-state index in [1.54, 1.807) is 0 Å². The van der Waals surface area contributed by atoms with Gasteiger partial charge in [0.1, 0.15) is 0 Å². The summed E-state index contributed by atoms with van der Waals surface area (Å²) in [5, 5.41) is 2.97. The van der Waals surface area contributed by atoms with Gasteiger partial charge in [0.2, 0.25) is 5.91 Å². The zero-order chi connectivity index (χ0) is 18.2. The largest absolute Gasteiger partial charge is 0.501 e. The van der Waals surface area contributed by atoms with Gasteiger partial charge < -0.3 is 10.2 Å². The summed E-state index contributed by atoms with van der Waals surface area (Å²) in [7, 11) is -5.34. The first-order valence-electron chi connectivity index (χ1n) is 8.15. The van der Waals surface area contributed by atoms with Crippen LogP contribution in [0.15, 0.2) is 29.2 Å². The molecule has 1 saturated carbocycles. The molecule has 1 aromatic carbocycles. The number of rotatable bonds is 4. The zero-order valence-corrected chi connectivity index (χ0v) is 14.2. The Morgan fingerprint density at radius 2 is 1.76 bits per heavy atom. The Hall–Kier alpha value is -1.77. The molecule has 1 atom stereocenters. The molecule has 0 bridgehead atoms. The fraction of sp³-hybridized carbons (Fsp3) is 0.562. The molecule has 1 N–H and O–H groups in total. The molecule has 0 unspecified atom stereocenters. The SMILES string of the molecule is O=C(NC1CC1)[C@@H]1CCCN(c2ccc(S(=O)(=O)C(F)(F)F)cc2)C1. The van der Waals surface area contributed by atoms with Gasteiger partial charge in [-0.15, -0.1) is 0 Å². The molecule has 2 fully saturated rings. The first-order chi connectivity index (χ1) is 11.7. The Labute approximate surface area is 144 Å². The fourth-order valence-electron chi connectivity index (χ4n) is 2.94. The van der Waals surface area contributed by atoms with Crippen LogP contribution in [0.3, 0.4) is 0 Å². The number of hydrogen-bond donors (Lipinski definition) is 1. The summed E-state index contributed by atoms with van der Waals surface area (Å²) in [4.78, 5) is 13.3. The Morgan fingerprint density at radius 3 is 2.32 bits per heavy atom. The number of carbonyl (C=O) groups is 1. The van der Waals surface area contributed by atoms with E-state index in [-0.39, 0.29) is 17.9 Å². The molecular formula is C16H19F3N2O3S. The third kappa shape index (κ3) is 3.91. The number of alkyl halides is 3. The maximum absolute atomic E-state index is 12.6. The molecule has 9 heteroatoms. The average Bonchev–Trinajstić information content (AvgIpc) is 3.38. The van der Waals surface area contributed by atoms with Gasteiger partial charge in [0.05, 0.1) is 10.8 Å². The van der Waals surface area contributed by atoms with E-state index in [2.05, 4.69) is 5.32 Å². The van der Waals surface area contributed by atoms with Crippen LogP contribution < -0.4 is 10.2 Å². The van der Waals surface area contributed by atoms with Crippen LogP contribution in [0.25, 0.3) is 0 Å². The van der Waals surface area contributed by atoms with Gasteiger partial charge in [-0.3, -0.25) is 4.79 Å². The molecule has 1 heterocycles. The molecule has 0 aromatic heterocycles. The smallest absolute Gasteiger partial charge is 0.371 e. The van der Waals surface area contributed by atoms with Crippen molar-refractivity contribution in [2.24, 2.45) is 5.92 Å². The van der Waals surface area contributed by atoms with E-state index in [0.29, 0.717) is 18.8 Å². The highest BCUT2D eigenvalue weighted by molar-refractivity contribution is 7.92. The molecule has 0 spiro atoms. The summed E-state index contributed by atoms with van der Waals surface area (Å²) < 4.78 is 60.5. The number of piperidine rings is 1. The van der Waals surface area contributed by atoms with Crippen LogP contribution >= 0.6 is 0 Å². The number of amides is 1. The van der Waals surface area contributed by atoms with Crippen molar-refractivity contribution < 1.29 is 26.4 Å². The van der Waals surface area contributed by atoms with Crippen LogP contribution in [0.2, 0.25) is 0 Å². The standard InChI is InChI=1S/C16H19F3N2O3S/c17-16(18,19)25(23,24)14-7-5-13(6-8-14)21-9-1-2-11(10-21)15(22)20-12-3-4-12/h5-8,11-12H,1-4,9-10H2,(H,20,22)/t11-/m1/s1. The van der Waals surface area contributed by atoms with E-state index < -0.39 is 20.2 Å². The highest BCUT2D eigenvalue weighted by Gasteiger charge is 2.46. The maximum atomic E-state index is 12.6. The number of benzene rings is 1. The van der Waals surface area contributed by atoms with Crippen molar-refractivity contribution in [3.8, 4) is 0 Å². The number of halogens is 3. The molecule has 1 aromatic rings. The lowest BCUT2D eigenvalue weighted by Crippen LogP contribution is -2.43. The van der Waals surface area contributed by atoms with E-state index in [1.165, 1.54) is 12.1 Å². The summed E-state index contributed by atoms with van der Waals surface area (Å²) in [6.07, 6.45) is 3.59. The van der Waals surface area contributed by atoms with E-state index in [0.717, 1.165) is 37.8 Å². The van der Waals surface area contributed by atoms with Gasteiger partial charge in [-0.1, -0.05) is 0 Å². The number of carbonyl (C=O) groups excluding carboxylic acids is 1. The molecule has 2 aliphatic rings. The monoisotopic (exact) mass is 376 g/mol. The first-order valence-corrected chi connectivity index (χ1v) is 9.63. The van der Waals surface area contributed by atoms with Crippen LogP contribution in [0.4, 0.5) is 18.9 Å². The van der Waals surface area contributed by atoms with Crippen LogP contribution in [0.1, 0.15) is 25.7 Å². The topological polar surface area (TPSA) is 66.5 Å². The van der Waals surface area contributed by atoms with Gasteiger partial charge in [-0.25, -0.2) is 8.42 Å². The zero-order valence-electron chi connectivity index (χ0n) is 13.4. The lowest BCUT2D eigenvalue weighted by Gasteiger charge is -2.33. The second-order valence-electron chi connectivity index (χ2n) is 6.51. The fourth-order valence-corrected chi connectivity index (χ4v) is 3.70. The number of anilines is 1. The summed E-state index contributed by atoms with van der Waals surface area (Å²) in [5.74, 6) is -0.142. The molecule has 3 rings (SSSR count). The van der Waals surface area contributed by atoms with E-state index in [4.69, 9.17) is 0 Å². The first kappa shape index (κ1) is 18.0. The molecule has 1 amide bonds. The van der Waals surface area contributed by atoms with Crippen LogP contribution in [0, 0.1) is 5.92 Å². The van der Waals surface area contributed by atoms with Gasteiger partial charge in [-0.2, -0.15) is 13.2 Å². The van der Waals surface area contributed by atoms with Crippen LogP contribution in [0.5, 0.6) is 0 Å². The van der Waals surface area contributed by atoms with E-state index in [9.17, 15) is 26.4 Å². The average molecular weight is 376 g/mol. The quantitative estimate of drug-likeness (QED) is 0.877. The summed E-state index contributed by atoms with van der Waals surface area (Å²) >= 11 is 0. The van der Waals surface area contributed by atoms with Crippen molar-refractivity contribution in [2.75, 3.05) is 18.0 Å². The second-order valence-corrected chi connectivity index (χ2v) is 8.45. The van der Waals surface area contributed by atoms with Gasteiger partial charge in [-0.05, 0) is 49.9 Å². The Bertz CT molecular complexity index is 743. The maximum Gasteiger partial charge on any atom is 0.501 e. The van der Waals surface area contributed by atoms with Crippen molar-refractivity contribution in [3.05, 3.63) is 24.3 Å². The number of hydrogen-bond acceptors (Lipinski definition) is 4. The van der Waals surface area contributed by atoms with Gasteiger partial charge >= 0.3 is 5.51 Å². The third-order valence-corrected chi connectivity index (χ3v) is 6.03. The molecule has 25 heavy (non-hydrogen) atoms. The van der Waals surface area contributed by atoms with Crippen molar-refractivity contribution in [2.45, 2.75) is 42.1 Å². The molecule has 1 aliphatic heterocycles. The van der Waals surface area contributed by atoms with Crippen molar-refractivity contribution >= 4 is 21.4 Å². The van der Waals surface area contributed by atoms with Crippen molar-refractivity contribution in [1.29, 1.82) is 0 Å². The number of sulfone groups is 1. The Morgan fingerprint density at radius 1 is 1.12 bits per heavy atom. The molecule has 1 aliphatic carbocycles. The highest BCUT2D eigenvalue weighted by Crippen LogP contribution is 2.32. The third-order valence-electron chi connectivity index (χ3n) is 4.53. The number of nitrogens with one attached hydrogen (secondary N) is 1. The molecular weight excluding hydrogens is 357 g/mol. The summed E-state index contributed by atoms with van der Waals surface area (Å²) in [6, 6.07) is 4.94. The molecule has 138 valence electrons. The van der Waals surface area contributed by atoms with Crippen molar-refractivity contribution in [1.82, 2.24) is 5.32 Å². The predicted molar refractivity (Wildman–Crippen MR) is 85.8 cm³/mol. The normalized spacial score (nSPS) is 21.9. The summed E-state index contributed by atoms with van der Waals surface area (Å²) in [6.45, 7) is 1.16. The van der Waals surface area contributed by atoms with Gasteiger partial charge in [0.15, 0.2) is 0 Å². The second kappa shape index (κ2) is 6.51. The van der Waals surface area contributed by atoms with E-state index in [1.807, 2.05) is 4.90 Å². The summed E-state index contributed by atoms with van der Waals surface area (Å²) in [5.41, 5.74) is -4.70. The lowest BCUT2D eigenvalue weighted by atomic mass is 9.96. The Kier molecular flexibility index (Phi) is 4.70. The minimum Gasteiger partial charge on any atom is -0.371 e. The van der Waals surface area contributed by atoms with Crippen LogP contribution in [-0.4, -0.2) is 39.0 Å². The van der Waals surface area contributed by atoms with Crippen molar-refractivity contribution in [3.63, 3.8) is 0 Å². The minimum absolute atomic E-state index is 0.0171. The van der Waals surface area contributed by atoms with Crippen LogP contribution in [-0.2, 0) is 14.6 Å². The Balaban J connectivity index is 1.70.